The summed E-state index contributed by atoms with van der Waals surface area (Å²) in [6.07, 6.45) is 0. The van der Waals surface area contributed by atoms with Crippen LogP contribution < -0.4 is 20.5 Å². The van der Waals surface area contributed by atoms with E-state index in [9.17, 15) is 4.79 Å². The zero-order valence-corrected chi connectivity index (χ0v) is 12.2. The molecule has 0 aliphatic heterocycles. The minimum Gasteiger partial charge on any atom is -0.497 e. The Balaban J connectivity index is 1.95. The lowest BCUT2D eigenvalue weighted by molar-refractivity contribution is -0.118. The van der Waals surface area contributed by atoms with E-state index in [1.807, 2.05) is 0 Å². The van der Waals surface area contributed by atoms with Gasteiger partial charge >= 0.3 is 0 Å². The maximum atomic E-state index is 11.8. The van der Waals surface area contributed by atoms with Crippen molar-refractivity contribution in [3.8, 4) is 11.5 Å². The van der Waals surface area contributed by atoms with Crippen LogP contribution in [0.5, 0.6) is 11.5 Å². The Morgan fingerprint density at radius 2 is 2.10 bits per heavy atom. The minimum absolute atomic E-state index is 0.163. The number of carbonyl (C=O) groups excluding carboxylic acids is 1. The van der Waals surface area contributed by atoms with Gasteiger partial charge in [0.15, 0.2) is 6.61 Å². The number of nitrogens with two attached hydrogens (primary N) is 1. The van der Waals surface area contributed by atoms with Crippen molar-refractivity contribution in [3.63, 3.8) is 0 Å². The molecule has 0 radical (unpaired) electrons. The number of ether oxygens (including phenoxy) is 2. The molecule has 2 aromatic rings. The highest BCUT2D eigenvalue weighted by molar-refractivity contribution is 6.30. The third-order valence-electron chi connectivity index (χ3n) is 2.69. The molecule has 0 fully saturated rings. The van der Waals surface area contributed by atoms with E-state index in [0.717, 1.165) is 0 Å². The van der Waals surface area contributed by atoms with Crippen LogP contribution in [-0.4, -0.2) is 19.6 Å². The normalized spacial score (nSPS) is 10.0. The largest absolute Gasteiger partial charge is 0.497 e. The highest BCUT2D eigenvalue weighted by Gasteiger charge is 2.07. The molecule has 5 nitrogen and oxygen atoms in total. The van der Waals surface area contributed by atoms with Gasteiger partial charge < -0.3 is 20.5 Å². The first kappa shape index (κ1) is 15.0. The molecule has 0 spiro atoms. The lowest BCUT2D eigenvalue weighted by Crippen LogP contribution is -2.20. The summed E-state index contributed by atoms with van der Waals surface area (Å²) in [5.74, 6) is 0.699. The van der Waals surface area contributed by atoms with E-state index in [1.165, 1.54) is 0 Å². The standard InChI is InChI=1S/C15H15ClN2O3/c1-20-12-5-6-13(17)14(8-12)21-9-15(19)18-11-4-2-3-10(16)7-11/h2-8H,9,17H2,1H3,(H,18,19). The van der Waals surface area contributed by atoms with Crippen molar-refractivity contribution >= 4 is 28.9 Å². The van der Waals surface area contributed by atoms with Crippen LogP contribution in [0.2, 0.25) is 5.02 Å². The van der Waals surface area contributed by atoms with E-state index < -0.39 is 0 Å². The summed E-state index contributed by atoms with van der Waals surface area (Å²) in [5, 5.41) is 3.23. The lowest BCUT2D eigenvalue weighted by Gasteiger charge is -2.10. The van der Waals surface area contributed by atoms with Crippen molar-refractivity contribution < 1.29 is 14.3 Å². The van der Waals surface area contributed by atoms with Crippen molar-refractivity contribution in [2.24, 2.45) is 0 Å². The Morgan fingerprint density at radius 1 is 1.29 bits per heavy atom. The Bertz CT molecular complexity index is 647. The Labute approximate surface area is 127 Å². The third-order valence-corrected chi connectivity index (χ3v) is 2.92. The van der Waals surface area contributed by atoms with Gasteiger partial charge in [-0.1, -0.05) is 17.7 Å². The fourth-order valence-electron chi connectivity index (χ4n) is 1.67. The van der Waals surface area contributed by atoms with Gasteiger partial charge in [0.2, 0.25) is 0 Å². The molecule has 21 heavy (non-hydrogen) atoms. The van der Waals surface area contributed by atoms with Gasteiger partial charge in [0.05, 0.1) is 12.8 Å². The van der Waals surface area contributed by atoms with Crippen LogP contribution in [0.3, 0.4) is 0 Å². The number of amides is 1. The number of hydrogen-bond donors (Lipinski definition) is 2. The Morgan fingerprint density at radius 3 is 2.81 bits per heavy atom. The first-order valence-electron chi connectivity index (χ1n) is 6.20. The fraction of sp³-hybridized carbons (Fsp3) is 0.133. The van der Waals surface area contributed by atoms with Gasteiger partial charge in [0.1, 0.15) is 11.5 Å². The number of methoxy groups -OCH3 is 1. The first-order chi connectivity index (χ1) is 10.1. The van der Waals surface area contributed by atoms with E-state index in [4.69, 9.17) is 26.8 Å². The summed E-state index contributed by atoms with van der Waals surface area (Å²) in [5.41, 5.74) is 6.82. The zero-order chi connectivity index (χ0) is 15.2. The van der Waals surface area contributed by atoms with E-state index in [1.54, 1.807) is 49.6 Å². The predicted molar refractivity (Wildman–Crippen MR) is 83.0 cm³/mol. The van der Waals surface area contributed by atoms with Crippen molar-refractivity contribution in [2.45, 2.75) is 0 Å². The summed E-state index contributed by atoms with van der Waals surface area (Å²) in [7, 11) is 1.54. The van der Waals surface area contributed by atoms with Gasteiger partial charge in [-0.15, -0.1) is 0 Å². The topological polar surface area (TPSA) is 73.6 Å². The molecule has 0 atom stereocenters. The van der Waals surface area contributed by atoms with Gasteiger partial charge in [-0.05, 0) is 30.3 Å². The molecule has 0 aliphatic carbocycles. The molecular formula is C15H15ClN2O3. The van der Waals surface area contributed by atoms with Crippen molar-refractivity contribution in [3.05, 3.63) is 47.5 Å². The molecule has 110 valence electrons. The molecule has 6 heteroatoms. The van der Waals surface area contributed by atoms with Gasteiger partial charge in [-0.25, -0.2) is 0 Å². The van der Waals surface area contributed by atoms with E-state index in [0.29, 0.717) is 27.9 Å². The van der Waals surface area contributed by atoms with E-state index in [2.05, 4.69) is 5.32 Å². The monoisotopic (exact) mass is 306 g/mol. The maximum Gasteiger partial charge on any atom is 0.262 e. The smallest absolute Gasteiger partial charge is 0.262 e. The highest BCUT2D eigenvalue weighted by atomic mass is 35.5. The molecule has 2 aromatic carbocycles. The maximum absolute atomic E-state index is 11.8. The predicted octanol–water partition coefficient (Wildman–Crippen LogP) is 2.95. The second-order valence-electron chi connectivity index (χ2n) is 4.25. The number of nitrogens with one attached hydrogen (secondary N) is 1. The number of anilines is 2. The van der Waals surface area contributed by atoms with Crippen LogP contribution >= 0.6 is 11.6 Å². The summed E-state index contributed by atoms with van der Waals surface area (Å²) in [6.45, 7) is -0.163. The minimum atomic E-state index is -0.306. The van der Waals surface area contributed by atoms with Gasteiger partial charge in [0, 0.05) is 16.8 Å². The van der Waals surface area contributed by atoms with Crippen LogP contribution in [0.15, 0.2) is 42.5 Å². The first-order valence-corrected chi connectivity index (χ1v) is 6.58. The molecule has 0 unspecified atom stereocenters. The Kier molecular flexibility index (Phi) is 4.90. The molecule has 0 saturated carbocycles. The van der Waals surface area contributed by atoms with Crippen molar-refractivity contribution in [1.29, 1.82) is 0 Å². The average molecular weight is 307 g/mol. The summed E-state index contributed by atoms with van der Waals surface area (Å²) in [6, 6.07) is 11.9. The van der Waals surface area contributed by atoms with Gasteiger partial charge in [-0.3, -0.25) is 4.79 Å². The number of halogens is 1. The molecular weight excluding hydrogens is 292 g/mol. The molecule has 0 aromatic heterocycles. The zero-order valence-electron chi connectivity index (χ0n) is 11.4. The van der Waals surface area contributed by atoms with Crippen LogP contribution in [0.4, 0.5) is 11.4 Å². The second-order valence-corrected chi connectivity index (χ2v) is 4.69. The highest BCUT2D eigenvalue weighted by Crippen LogP contribution is 2.26. The number of rotatable bonds is 5. The molecule has 0 saturated heterocycles. The summed E-state index contributed by atoms with van der Waals surface area (Å²) < 4.78 is 10.5. The van der Waals surface area contributed by atoms with E-state index >= 15 is 0 Å². The summed E-state index contributed by atoms with van der Waals surface area (Å²) >= 11 is 5.84. The summed E-state index contributed by atoms with van der Waals surface area (Å²) in [4.78, 5) is 11.8. The second kappa shape index (κ2) is 6.85. The average Bonchev–Trinajstić information content (AvgIpc) is 2.46. The molecule has 2 rings (SSSR count). The van der Waals surface area contributed by atoms with Gasteiger partial charge in [-0.2, -0.15) is 0 Å². The molecule has 3 N–H and O–H groups in total. The molecule has 0 bridgehead atoms. The van der Waals surface area contributed by atoms with Crippen LogP contribution in [0, 0.1) is 0 Å². The van der Waals surface area contributed by atoms with Gasteiger partial charge in [0.25, 0.3) is 5.91 Å². The molecule has 0 heterocycles. The van der Waals surface area contributed by atoms with Crippen LogP contribution in [0.1, 0.15) is 0 Å². The number of nitrogen functional groups attached to an aromatic ring is 1. The number of carbonyl (C=O) groups is 1. The molecule has 0 aliphatic rings. The fourth-order valence-corrected chi connectivity index (χ4v) is 1.86. The molecule has 1 amide bonds. The lowest BCUT2D eigenvalue weighted by atomic mass is 10.3. The number of hydrogen-bond acceptors (Lipinski definition) is 4. The Hall–Kier alpha value is -2.40. The quantitative estimate of drug-likeness (QED) is 0.833. The van der Waals surface area contributed by atoms with E-state index in [-0.39, 0.29) is 12.5 Å². The van der Waals surface area contributed by atoms with Crippen LogP contribution in [0.25, 0.3) is 0 Å². The van der Waals surface area contributed by atoms with Crippen LogP contribution in [-0.2, 0) is 4.79 Å². The van der Waals surface area contributed by atoms with Crippen molar-refractivity contribution in [2.75, 3.05) is 24.8 Å². The SMILES string of the molecule is COc1ccc(N)c(OCC(=O)Nc2cccc(Cl)c2)c1. The number of benzene rings is 2. The van der Waals surface area contributed by atoms with Crippen molar-refractivity contribution in [1.82, 2.24) is 0 Å². The third kappa shape index (κ3) is 4.29.